The van der Waals surface area contributed by atoms with E-state index in [9.17, 15) is 0 Å². The summed E-state index contributed by atoms with van der Waals surface area (Å²) in [5.74, 6) is 0. The molecule has 0 saturated carbocycles. The molecule has 0 aliphatic heterocycles. The summed E-state index contributed by atoms with van der Waals surface area (Å²) in [5, 5.41) is 1.34. The minimum Gasteiger partial charge on any atom is 0 e. The van der Waals surface area contributed by atoms with Gasteiger partial charge in [-0.05, 0) is 0 Å². The van der Waals surface area contributed by atoms with Crippen LogP contribution in [0.5, 0.6) is 0 Å². The van der Waals surface area contributed by atoms with Crippen LogP contribution in [-0.4, -0.2) is 17.7 Å². The minimum absolute atomic E-state index is 0. The zero-order valence-corrected chi connectivity index (χ0v) is 5.35. The zero-order valence-electron chi connectivity index (χ0n) is 4.53. The normalized spacial score (nSPS) is 7.17. The van der Waals surface area contributed by atoms with Crippen molar-refractivity contribution in [3.63, 3.8) is 0 Å². The van der Waals surface area contributed by atoms with Gasteiger partial charge in [-0.3, -0.25) is 0 Å². The van der Waals surface area contributed by atoms with Crippen LogP contribution in [0, 0.1) is 0 Å². The molecule has 0 amide bonds. The molecule has 0 unspecified atom stereocenters. The maximum Gasteiger partial charge on any atom is 0 e. The summed E-state index contributed by atoms with van der Waals surface area (Å²) < 4.78 is 0. The fraction of sp³-hybridized carbons (Fsp3) is 1.00. The first-order chi connectivity index (χ1) is 2.41. The SMILES string of the molecule is [Li][CH2]CCC.[S]. The molecule has 0 fully saturated rings. The molecule has 0 aromatic rings. The summed E-state index contributed by atoms with van der Waals surface area (Å²) in [6.07, 6.45) is 2.73. The van der Waals surface area contributed by atoms with E-state index in [1.54, 1.807) is 0 Å². The van der Waals surface area contributed by atoms with Crippen molar-refractivity contribution in [2.45, 2.75) is 24.9 Å². The standard InChI is InChI=1S/C4H9.Li.S/c1-3-4-2;;/h1,3-4H2,2H3;;. The quantitative estimate of drug-likeness (QED) is 0.461. The number of rotatable bonds is 2. The predicted octanol–water partition coefficient (Wildman–Crippen LogP) is 2.02. The smallest absolute Gasteiger partial charge is 0 e. The van der Waals surface area contributed by atoms with Crippen molar-refractivity contribution in [1.82, 2.24) is 0 Å². The van der Waals surface area contributed by atoms with Gasteiger partial charge in [0.2, 0.25) is 0 Å². The van der Waals surface area contributed by atoms with E-state index in [4.69, 9.17) is 0 Å². The molecular weight excluding hydrogens is 87.1 g/mol. The van der Waals surface area contributed by atoms with E-state index in [0.29, 0.717) is 0 Å². The van der Waals surface area contributed by atoms with Gasteiger partial charge in [-0.15, -0.1) is 0 Å². The first-order valence-electron chi connectivity index (χ1n) is 2.41. The van der Waals surface area contributed by atoms with E-state index in [0.717, 1.165) is 0 Å². The first-order valence-corrected chi connectivity index (χ1v) is 2.41. The topological polar surface area (TPSA) is 0 Å². The van der Waals surface area contributed by atoms with E-state index >= 15 is 0 Å². The van der Waals surface area contributed by atoms with Crippen molar-refractivity contribution < 1.29 is 0 Å². The van der Waals surface area contributed by atoms with Crippen molar-refractivity contribution in [1.29, 1.82) is 0 Å². The third-order valence-electron chi connectivity index (χ3n) is 0.707. The van der Waals surface area contributed by atoms with Gasteiger partial charge in [0.1, 0.15) is 0 Å². The van der Waals surface area contributed by atoms with E-state index in [2.05, 4.69) is 24.6 Å². The fourth-order valence-electron chi connectivity index (χ4n) is 0.354. The molecule has 0 aliphatic rings. The second kappa shape index (κ2) is 9.34. The molecule has 6 heavy (non-hydrogen) atoms. The summed E-state index contributed by atoms with van der Waals surface area (Å²) in [5.41, 5.74) is 0. The van der Waals surface area contributed by atoms with Gasteiger partial charge in [-0.25, -0.2) is 0 Å². The second-order valence-electron chi connectivity index (χ2n) is 1.35. The Morgan fingerprint density at radius 2 is 2.00 bits per heavy atom. The molecule has 0 aromatic carbocycles. The Hall–Kier alpha value is 0.947. The summed E-state index contributed by atoms with van der Waals surface area (Å²) in [6.45, 7) is 2.21. The van der Waals surface area contributed by atoms with Crippen molar-refractivity contribution in [2.24, 2.45) is 0 Å². The molecule has 2 heteroatoms. The summed E-state index contributed by atoms with van der Waals surface area (Å²) in [4.78, 5) is 0. The first kappa shape index (κ1) is 10.0. The van der Waals surface area contributed by atoms with Gasteiger partial charge in [0.25, 0.3) is 0 Å². The fourth-order valence-corrected chi connectivity index (χ4v) is 0.354. The molecule has 0 aliphatic carbocycles. The second-order valence-corrected chi connectivity index (χ2v) is 1.35. The molecule has 0 saturated heterocycles. The largest absolute Gasteiger partial charge is 0 e. The van der Waals surface area contributed by atoms with Gasteiger partial charge < -0.3 is 0 Å². The molecule has 0 bridgehead atoms. The molecular formula is C4H9LiS. The predicted molar refractivity (Wildman–Crippen MR) is 33.1 cm³/mol. The summed E-state index contributed by atoms with van der Waals surface area (Å²) in [7, 11) is 0. The van der Waals surface area contributed by atoms with Crippen LogP contribution in [0.3, 0.4) is 0 Å². The Balaban J connectivity index is 0. The van der Waals surface area contributed by atoms with Gasteiger partial charge in [-0.1, -0.05) is 0 Å². The van der Waals surface area contributed by atoms with Crippen LogP contribution < -0.4 is 0 Å². The van der Waals surface area contributed by atoms with Crippen LogP contribution >= 0.6 is 13.5 Å². The van der Waals surface area contributed by atoms with Gasteiger partial charge in [0.15, 0.2) is 0 Å². The Morgan fingerprint density at radius 1 is 1.50 bits per heavy atom. The van der Waals surface area contributed by atoms with Crippen molar-refractivity contribution in [3.8, 4) is 0 Å². The Morgan fingerprint density at radius 3 is 2.00 bits per heavy atom. The number of hydrogen-bond donors (Lipinski definition) is 0. The van der Waals surface area contributed by atoms with Gasteiger partial charge in [0.05, 0.1) is 0 Å². The maximum absolute atomic E-state index is 2.21. The Bertz CT molecular complexity index is 15.0. The average Bonchev–Trinajstić information content (AvgIpc) is 1.41. The molecule has 0 heterocycles. The molecule has 32 valence electrons. The van der Waals surface area contributed by atoms with Gasteiger partial charge >= 0.3 is 42.6 Å². The molecule has 0 aromatic heterocycles. The van der Waals surface area contributed by atoms with Crippen LogP contribution in [0.4, 0.5) is 0 Å². The monoisotopic (exact) mass is 96.1 g/mol. The van der Waals surface area contributed by atoms with Crippen molar-refractivity contribution in [2.75, 3.05) is 0 Å². The van der Waals surface area contributed by atoms with E-state index < -0.39 is 0 Å². The molecule has 2 radical (unpaired) electrons. The average molecular weight is 96.1 g/mol. The molecule has 0 rings (SSSR count). The maximum atomic E-state index is 2.21. The number of unbranched alkanes of at least 4 members (excludes halogenated alkanes) is 1. The van der Waals surface area contributed by atoms with Crippen LogP contribution in [0.25, 0.3) is 0 Å². The van der Waals surface area contributed by atoms with E-state index in [-0.39, 0.29) is 13.5 Å². The van der Waals surface area contributed by atoms with E-state index in [1.807, 2.05) is 0 Å². The van der Waals surface area contributed by atoms with Crippen LogP contribution in [0.1, 0.15) is 19.8 Å². The number of hydrogen-bond acceptors (Lipinski definition) is 0. The Kier molecular flexibility index (Phi) is 15.6. The molecule has 0 nitrogen and oxygen atoms in total. The van der Waals surface area contributed by atoms with Crippen LogP contribution in [0.2, 0.25) is 5.09 Å². The summed E-state index contributed by atoms with van der Waals surface area (Å²) >= 11 is 2.21. The third kappa shape index (κ3) is 8.87. The van der Waals surface area contributed by atoms with Crippen molar-refractivity contribution in [3.05, 3.63) is 0 Å². The van der Waals surface area contributed by atoms with Gasteiger partial charge in [0, 0.05) is 13.5 Å². The zero-order chi connectivity index (χ0) is 4.12. The van der Waals surface area contributed by atoms with Crippen LogP contribution in [-0.2, 0) is 0 Å². The minimum atomic E-state index is 0. The Labute approximate surface area is 56.3 Å². The van der Waals surface area contributed by atoms with E-state index in [1.165, 1.54) is 17.9 Å². The van der Waals surface area contributed by atoms with Gasteiger partial charge in [-0.2, -0.15) is 0 Å². The van der Waals surface area contributed by atoms with Crippen molar-refractivity contribution >= 4 is 31.2 Å². The summed E-state index contributed by atoms with van der Waals surface area (Å²) in [6, 6.07) is 0. The van der Waals surface area contributed by atoms with Crippen LogP contribution in [0.15, 0.2) is 0 Å². The third-order valence-corrected chi connectivity index (χ3v) is 0.707. The molecule has 0 spiro atoms. The molecule has 0 N–H and O–H groups in total. The molecule has 0 atom stereocenters.